The van der Waals surface area contributed by atoms with Gasteiger partial charge in [-0.25, -0.2) is 5.43 Å². The summed E-state index contributed by atoms with van der Waals surface area (Å²) in [4.78, 5) is 13.1. The van der Waals surface area contributed by atoms with Gasteiger partial charge in [0.2, 0.25) is 5.91 Å². The molecule has 1 N–H and O–H groups in total. The van der Waals surface area contributed by atoms with Gasteiger partial charge < -0.3 is 0 Å². The Morgan fingerprint density at radius 2 is 2.05 bits per heavy atom. The molecule has 2 aliphatic carbocycles. The number of benzene rings is 1. The Labute approximate surface area is 120 Å². The number of rotatable bonds is 2. The summed E-state index contributed by atoms with van der Waals surface area (Å²) in [6.07, 6.45) is 3.44. The van der Waals surface area contributed by atoms with E-state index in [-0.39, 0.29) is 10.8 Å². The normalized spacial score (nSPS) is 37.5. The van der Waals surface area contributed by atoms with E-state index < -0.39 is 0 Å². The average Bonchev–Trinajstić information content (AvgIpc) is 2.95. The topological polar surface area (TPSA) is 32.3 Å². The Balaban J connectivity index is 1.64. The molecule has 1 saturated heterocycles. The summed E-state index contributed by atoms with van der Waals surface area (Å²) in [6, 6.07) is 10.6. The Morgan fingerprint density at radius 3 is 2.70 bits per heavy atom. The van der Waals surface area contributed by atoms with Gasteiger partial charge in [-0.05, 0) is 36.2 Å². The smallest absolute Gasteiger partial charge is 0.245 e. The minimum atomic E-state index is -0.146. The van der Waals surface area contributed by atoms with Crippen LogP contribution in [0.1, 0.15) is 38.7 Å². The molecule has 2 saturated carbocycles. The van der Waals surface area contributed by atoms with Crippen molar-refractivity contribution in [2.75, 3.05) is 0 Å². The predicted molar refractivity (Wildman–Crippen MR) is 77.5 cm³/mol. The van der Waals surface area contributed by atoms with Crippen molar-refractivity contribution >= 4 is 5.91 Å². The molecule has 0 aromatic heterocycles. The molecule has 1 amide bonds. The van der Waals surface area contributed by atoms with Crippen molar-refractivity contribution in [2.24, 2.45) is 16.7 Å². The molecule has 1 aromatic rings. The van der Waals surface area contributed by atoms with Gasteiger partial charge in [0.05, 0.1) is 12.0 Å². The lowest BCUT2D eigenvalue weighted by Crippen LogP contribution is -2.43. The molecule has 0 radical (unpaired) electrons. The molecule has 1 spiro atoms. The average molecular weight is 270 g/mol. The zero-order valence-electron chi connectivity index (χ0n) is 12.2. The Hall–Kier alpha value is -1.35. The van der Waals surface area contributed by atoms with E-state index in [2.05, 4.69) is 31.4 Å². The number of hydrazine groups is 1. The van der Waals surface area contributed by atoms with E-state index in [1.807, 2.05) is 23.2 Å². The number of carbonyl (C=O) groups is 1. The van der Waals surface area contributed by atoms with E-state index in [9.17, 15) is 4.79 Å². The predicted octanol–water partition coefficient (Wildman–Crippen LogP) is 2.73. The van der Waals surface area contributed by atoms with Gasteiger partial charge in [0, 0.05) is 6.04 Å². The fourth-order valence-electron chi connectivity index (χ4n) is 5.04. The lowest BCUT2D eigenvalue weighted by molar-refractivity contribution is -0.141. The van der Waals surface area contributed by atoms with Crippen molar-refractivity contribution in [3.05, 3.63) is 35.9 Å². The molecule has 3 fully saturated rings. The zero-order valence-corrected chi connectivity index (χ0v) is 12.2. The van der Waals surface area contributed by atoms with Gasteiger partial charge in [0.1, 0.15) is 0 Å². The lowest BCUT2D eigenvalue weighted by Gasteiger charge is -2.35. The van der Waals surface area contributed by atoms with E-state index in [4.69, 9.17) is 0 Å². The van der Waals surface area contributed by atoms with Crippen LogP contribution in [-0.4, -0.2) is 17.0 Å². The molecule has 3 atom stereocenters. The number of carbonyl (C=O) groups excluding carboxylic acids is 1. The second kappa shape index (κ2) is 3.85. The summed E-state index contributed by atoms with van der Waals surface area (Å²) in [5.41, 5.74) is 4.70. The quantitative estimate of drug-likeness (QED) is 0.896. The molecule has 3 unspecified atom stereocenters. The number of amides is 1. The first-order chi connectivity index (χ1) is 9.55. The highest BCUT2D eigenvalue weighted by molar-refractivity contribution is 5.87. The van der Waals surface area contributed by atoms with E-state index in [0.29, 0.717) is 24.4 Å². The van der Waals surface area contributed by atoms with Crippen molar-refractivity contribution < 1.29 is 4.79 Å². The fourth-order valence-corrected chi connectivity index (χ4v) is 5.04. The molecule has 4 rings (SSSR count). The van der Waals surface area contributed by atoms with Crippen LogP contribution < -0.4 is 5.43 Å². The van der Waals surface area contributed by atoms with E-state index in [1.54, 1.807) is 0 Å². The second-order valence-corrected chi connectivity index (χ2v) is 7.22. The summed E-state index contributed by atoms with van der Waals surface area (Å²) in [5.74, 6) is 1.04. The molecular formula is C17H22N2O. The fraction of sp³-hybridized carbons (Fsp3) is 0.588. The Kier molecular flexibility index (Phi) is 2.39. The third-order valence-electron chi connectivity index (χ3n) is 6.29. The van der Waals surface area contributed by atoms with Crippen LogP contribution in [0.2, 0.25) is 0 Å². The monoisotopic (exact) mass is 270 g/mol. The van der Waals surface area contributed by atoms with Gasteiger partial charge in [-0.15, -0.1) is 0 Å². The van der Waals surface area contributed by atoms with Crippen molar-refractivity contribution in [1.82, 2.24) is 10.4 Å². The van der Waals surface area contributed by atoms with Crippen LogP contribution in [0.3, 0.4) is 0 Å². The lowest BCUT2D eigenvalue weighted by atomic mass is 9.68. The maximum atomic E-state index is 13.1. The van der Waals surface area contributed by atoms with E-state index >= 15 is 0 Å². The van der Waals surface area contributed by atoms with E-state index in [1.165, 1.54) is 12.0 Å². The zero-order chi connectivity index (χ0) is 14.0. The molecule has 2 bridgehead atoms. The molecule has 106 valence electrons. The molecular weight excluding hydrogens is 248 g/mol. The first-order valence-electron chi connectivity index (χ1n) is 7.68. The van der Waals surface area contributed by atoms with Crippen molar-refractivity contribution in [2.45, 2.75) is 45.7 Å². The van der Waals surface area contributed by atoms with Crippen LogP contribution in [-0.2, 0) is 11.3 Å². The second-order valence-electron chi connectivity index (χ2n) is 7.22. The SMILES string of the molecule is CC1(C)C2CCC13C(=O)N(Cc1ccccc1)NC3C2. The Bertz CT molecular complexity index is 553. The summed E-state index contributed by atoms with van der Waals surface area (Å²) in [6.45, 7) is 5.28. The van der Waals surface area contributed by atoms with Gasteiger partial charge in [-0.2, -0.15) is 0 Å². The first kappa shape index (κ1) is 12.4. The van der Waals surface area contributed by atoms with Gasteiger partial charge >= 0.3 is 0 Å². The minimum Gasteiger partial charge on any atom is -0.273 e. The van der Waals surface area contributed by atoms with Crippen LogP contribution in [0.15, 0.2) is 30.3 Å². The molecule has 3 nitrogen and oxygen atoms in total. The largest absolute Gasteiger partial charge is 0.273 e. The van der Waals surface area contributed by atoms with Crippen LogP contribution in [0, 0.1) is 16.7 Å². The molecule has 1 aliphatic heterocycles. The van der Waals surface area contributed by atoms with E-state index in [0.717, 1.165) is 12.8 Å². The molecule has 1 heterocycles. The summed E-state index contributed by atoms with van der Waals surface area (Å²) >= 11 is 0. The Morgan fingerprint density at radius 1 is 1.30 bits per heavy atom. The van der Waals surface area contributed by atoms with Crippen molar-refractivity contribution in [1.29, 1.82) is 0 Å². The molecule has 3 heteroatoms. The molecule has 20 heavy (non-hydrogen) atoms. The number of nitrogens with zero attached hydrogens (tertiary/aromatic N) is 1. The highest BCUT2D eigenvalue weighted by Crippen LogP contribution is 2.67. The first-order valence-corrected chi connectivity index (χ1v) is 7.68. The highest BCUT2D eigenvalue weighted by atomic mass is 16.2. The van der Waals surface area contributed by atoms with Gasteiger partial charge in [-0.1, -0.05) is 44.2 Å². The maximum Gasteiger partial charge on any atom is 0.245 e. The minimum absolute atomic E-state index is 0.146. The van der Waals surface area contributed by atoms with Crippen molar-refractivity contribution in [3.8, 4) is 0 Å². The van der Waals surface area contributed by atoms with Crippen LogP contribution in [0.4, 0.5) is 0 Å². The number of nitrogens with one attached hydrogen (secondary N) is 1. The number of hydrogen-bond acceptors (Lipinski definition) is 2. The van der Waals surface area contributed by atoms with Crippen LogP contribution in [0.25, 0.3) is 0 Å². The van der Waals surface area contributed by atoms with Crippen molar-refractivity contribution in [3.63, 3.8) is 0 Å². The molecule has 1 aromatic carbocycles. The molecule has 3 aliphatic rings. The van der Waals surface area contributed by atoms with Gasteiger partial charge in [-0.3, -0.25) is 9.80 Å². The van der Waals surface area contributed by atoms with Crippen LogP contribution in [0.5, 0.6) is 0 Å². The summed E-state index contributed by atoms with van der Waals surface area (Å²) in [5, 5.41) is 1.88. The third kappa shape index (κ3) is 1.32. The highest BCUT2D eigenvalue weighted by Gasteiger charge is 2.71. The third-order valence-corrected chi connectivity index (χ3v) is 6.29. The maximum absolute atomic E-state index is 13.1. The summed E-state index contributed by atoms with van der Waals surface area (Å²) in [7, 11) is 0. The summed E-state index contributed by atoms with van der Waals surface area (Å²) < 4.78 is 0. The number of fused-ring (bicyclic) bond motifs is 1. The van der Waals surface area contributed by atoms with Gasteiger partial charge in [0.15, 0.2) is 0 Å². The number of hydrogen-bond donors (Lipinski definition) is 1. The van der Waals surface area contributed by atoms with Gasteiger partial charge in [0.25, 0.3) is 0 Å². The standard InChI is InChI=1S/C17H22N2O/c1-16(2)13-8-9-17(16)14(10-13)18-19(15(17)20)11-12-6-4-3-5-7-12/h3-7,13-14,18H,8-11H2,1-2H3. The van der Waals surface area contributed by atoms with Crippen LogP contribution >= 0.6 is 0 Å².